The number of furan rings is 1. The summed E-state index contributed by atoms with van der Waals surface area (Å²) in [4.78, 5) is 25.7. The number of hydrogen-bond donors (Lipinski definition) is 4. The molecule has 0 spiro atoms. The van der Waals surface area contributed by atoms with Crippen LogP contribution in [0, 0.1) is 0 Å². The molecule has 0 aromatic carbocycles. The van der Waals surface area contributed by atoms with Gasteiger partial charge >= 0.3 is 5.69 Å². The lowest BCUT2D eigenvalue weighted by atomic mass is 10.1. The summed E-state index contributed by atoms with van der Waals surface area (Å²) in [5.41, 5.74) is -1.41. The Morgan fingerprint density at radius 1 is 1.32 bits per heavy atom. The molecule has 1 aliphatic rings. The highest BCUT2D eigenvalue weighted by molar-refractivity contribution is 5.54. The molecule has 0 bridgehead atoms. The number of nitrogens with one attached hydrogen (secondary N) is 1. The number of aliphatic hydroxyl groups excluding tert-OH is 3. The van der Waals surface area contributed by atoms with Gasteiger partial charge in [-0.25, -0.2) is 4.79 Å². The van der Waals surface area contributed by atoms with Crippen LogP contribution in [0.15, 0.2) is 32.6 Å². The van der Waals surface area contributed by atoms with Crippen molar-refractivity contribution in [3.05, 3.63) is 39.4 Å². The molecule has 2 aromatic heterocycles. The Hall–Kier alpha value is -2.27. The van der Waals surface area contributed by atoms with E-state index in [0.717, 1.165) is 0 Å². The molecule has 3 heterocycles. The second kappa shape index (κ2) is 5.50. The Morgan fingerprint density at radius 2 is 2.09 bits per heavy atom. The van der Waals surface area contributed by atoms with Gasteiger partial charge in [0.05, 0.1) is 19.1 Å². The average molecular weight is 311 g/mol. The lowest BCUT2D eigenvalue weighted by molar-refractivity contribution is -0.0616. The van der Waals surface area contributed by atoms with Crippen LogP contribution in [-0.4, -0.2) is 55.0 Å². The number of nitrogens with zero attached hydrogens (tertiary/aromatic N) is 2. The minimum absolute atomic E-state index is 0.105. The van der Waals surface area contributed by atoms with E-state index in [1.165, 1.54) is 18.6 Å². The van der Waals surface area contributed by atoms with Gasteiger partial charge in [0, 0.05) is 5.56 Å². The van der Waals surface area contributed by atoms with Crippen molar-refractivity contribution in [3.63, 3.8) is 0 Å². The Balaban J connectivity index is 2.07. The van der Waals surface area contributed by atoms with Gasteiger partial charge in [-0.05, 0) is 6.07 Å². The summed E-state index contributed by atoms with van der Waals surface area (Å²) in [7, 11) is 0. The third-order valence-corrected chi connectivity index (χ3v) is 3.40. The molecule has 2 aromatic rings. The van der Waals surface area contributed by atoms with E-state index in [2.05, 4.69) is 10.1 Å². The summed E-state index contributed by atoms with van der Waals surface area (Å²) in [6, 6.07) is 1.48. The normalized spacial score (nSPS) is 28.1. The SMILES string of the molecule is O=c1[nH]c(=O)n([C@@H]2O[C@H](CO)[C@@H](O)[C@H]2O)nc1-c1ccoc1. The first kappa shape index (κ1) is 14.7. The smallest absolute Gasteiger partial charge is 0.347 e. The maximum absolute atomic E-state index is 11.9. The molecule has 10 heteroatoms. The molecule has 4 N–H and O–H groups in total. The van der Waals surface area contributed by atoms with Gasteiger partial charge in [-0.15, -0.1) is 0 Å². The fraction of sp³-hybridized carbons (Fsp3) is 0.417. The van der Waals surface area contributed by atoms with Gasteiger partial charge in [0.1, 0.15) is 18.3 Å². The van der Waals surface area contributed by atoms with Crippen molar-refractivity contribution < 1.29 is 24.5 Å². The average Bonchev–Trinajstić information content (AvgIpc) is 3.10. The third-order valence-electron chi connectivity index (χ3n) is 3.40. The summed E-state index contributed by atoms with van der Waals surface area (Å²) in [6.07, 6.45) is -2.65. The number of rotatable bonds is 3. The van der Waals surface area contributed by atoms with Crippen LogP contribution in [0.1, 0.15) is 6.23 Å². The molecular weight excluding hydrogens is 298 g/mol. The topological polar surface area (TPSA) is 151 Å². The molecule has 4 atom stereocenters. The van der Waals surface area contributed by atoms with Crippen molar-refractivity contribution in [1.82, 2.24) is 14.8 Å². The fourth-order valence-corrected chi connectivity index (χ4v) is 2.25. The first-order valence-corrected chi connectivity index (χ1v) is 6.41. The Morgan fingerprint density at radius 3 is 2.68 bits per heavy atom. The van der Waals surface area contributed by atoms with Crippen molar-refractivity contribution in [2.45, 2.75) is 24.5 Å². The summed E-state index contributed by atoms with van der Waals surface area (Å²) in [5.74, 6) is 0. The van der Waals surface area contributed by atoms with Gasteiger partial charge in [0.25, 0.3) is 5.56 Å². The zero-order valence-electron chi connectivity index (χ0n) is 11.1. The van der Waals surface area contributed by atoms with E-state index < -0.39 is 42.4 Å². The molecule has 1 fully saturated rings. The summed E-state index contributed by atoms with van der Waals surface area (Å²) in [5, 5.41) is 32.6. The maximum atomic E-state index is 11.9. The second-order valence-electron chi connectivity index (χ2n) is 4.79. The molecule has 0 unspecified atom stereocenters. The molecule has 0 aliphatic carbocycles. The predicted octanol–water partition coefficient (Wildman–Crippen LogP) is -2.20. The molecule has 0 amide bonds. The third kappa shape index (κ3) is 2.27. The minimum Gasteiger partial charge on any atom is -0.472 e. The van der Waals surface area contributed by atoms with E-state index in [0.29, 0.717) is 10.2 Å². The van der Waals surface area contributed by atoms with E-state index in [1.54, 1.807) is 0 Å². The van der Waals surface area contributed by atoms with Crippen LogP contribution in [-0.2, 0) is 4.74 Å². The minimum atomic E-state index is -1.48. The highest BCUT2D eigenvalue weighted by atomic mass is 16.6. The van der Waals surface area contributed by atoms with Crippen LogP contribution in [0.4, 0.5) is 0 Å². The number of hydrogen-bond acceptors (Lipinski definition) is 8. The second-order valence-corrected chi connectivity index (χ2v) is 4.79. The van der Waals surface area contributed by atoms with Crippen molar-refractivity contribution in [2.24, 2.45) is 0 Å². The Labute approximate surface area is 122 Å². The highest BCUT2D eigenvalue weighted by Gasteiger charge is 2.44. The first-order chi connectivity index (χ1) is 10.5. The lowest BCUT2D eigenvalue weighted by Gasteiger charge is -2.16. The van der Waals surface area contributed by atoms with E-state index in [-0.39, 0.29) is 5.69 Å². The van der Waals surface area contributed by atoms with E-state index in [1.807, 2.05) is 0 Å². The highest BCUT2D eigenvalue weighted by Crippen LogP contribution is 2.27. The maximum Gasteiger partial charge on any atom is 0.347 e. The summed E-state index contributed by atoms with van der Waals surface area (Å²) < 4.78 is 10.8. The van der Waals surface area contributed by atoms with E-state index >= 15 is 0 Å². The van der Waals surface area contributed by atoms with Crippen molar-refractivity contribution >= 4 is 0 Å². The predicted molar refractivity (Wildman–Crippen MR) is 69.8 cm³/mol. The van der Waals surface area contributed by atoms with Crippen molar-refractivity contribution in [2.75, 3.05) is 6.61 Å². The van der Waals surface area contributed by atoms with Crippen LogP contribution in [0.25, 0.3) is 11.3 Å². The number of aromatic nitrogens is 3. The summed E-state index contributed by atoms with van der Waals surface area (Å²) >= 11 is 0. The van der Waals surface area contributed by atoms with Gasteiger partial charge in [0.15, 0.2) is 11.9 Å². The Kier molecular flexibility index (Phi) is 3.66. The van der Waals surface area contributed by atoms with Crippen LogP contribution < -0.4 is 11.2 Å². The number of aliphatic hydroxyl groups is 3. The zero-order valence-corrected chi connectivity index (χ0v) is 11.1. The van der Waals surface area contributed by atoms with Crippen LogP contribution in [0.5, 0.6) is 0 Å². The van der Waals surface area contributed by atoms with Gasteiger partial charge in [0.2, 0.25) is 0 Å². The molecular formula is C12H13N3O7. The van der Waals surface area contributed by atoms with E-state index in [4.69, 9.17) is 14.3 Å². The standard InChI is InChI=1S/C12H13N3O7/c16-3-6-8(17)9(18)11(22-6)15-12(20)13-10(19)7(14-15)5-1-2-21-4-5/h1-2,4,6,8-9,11,16-18H,3H2,(H,13,19,20)/t6-,8-,9-,11-/m1/s1. The van der Waals surface area contributed by atoms with Gasteiger partial charge < -0.3 is 24.5 Å². The molecule has 22 heavy (non-hydrogen) atoms. The van der Waals surface area contributed by atoms with Crippen molar-refractivity contribution in [3.8, 4) is 11.3 Å². The van der Waals surface area contributed by atoms with Crippen molar-refractivity contribution in [1.29, 1.82) is 0 Å². The monoisotopic (exact) mass is 311 g/mol. The van der Waals surface area contributed by atoms with Gasteiger partial charge in [-0.3, -0.25) is 9.78 Å². The van der Waals surface area contributed by atoms with Gasteiger partial charge in [-0.1, -0.05) is 0 Å². The molecule has 1 saturated heterocycles. The molecule has 10 nitrogen and oxygen atoms in total. The molecule has 1 aliphatic heterocycles. The largest absolute Gasteiger partial charge is 0.472 e. The van der Waals surface area contributed by atoms with Crippen LogP contribution in [0.2, 0.25) is 0 Å². The number of ether oxygens (including phenoxy) is 1. The Bertz CT molecular complexity index is 766. The zero-order chi connectivity index (χ0) is 15.9. The number of H-pyrrole nitrogens is 1. The molecule has 3 rings (SSSR count). The van der Waals surface area contributed by atoms with Gasteiger partial charge in [-0.2, -0.15) is 9.78 Å². The fourth-order valence-electron chi connectivity index (χ4n) is 2.25. The molecule has 0 saturated carbocycles. The van der Waals surface area contributed by atoms with E-state index in [9.17, 15) is 19.8 Å². The van der Waals surface area contributed by atoms with Crippen LogP contribution in [0.3, 0.4) is 0 Å². The number of aromatic amines is 1. The van der Waals surface area contributed by atoms with Crippen LogP contribution >= 0.6 is 0 Å². The first-order valence-electron chi connectivity index (χ1n) is 6.41. The molecule has 118 valence electrons. The summed E-state index contributed by atoms with van der Waals surface area (Å²) in [6.45, 7) is -0.540. The lowest BCUT2D eigenvalue weighted by Crippen LogP contribution is -2.40. The quantitative estimate of drug-likeness (QED) is 0.498. The molecule has 0 radical (unpaired) electrons.